The van der Waals surface area contributed by atoms with Crippen LogP contribution in [0.15, 0.2) is 24.3 Å². The van der Waals surface area contributed by atoms with Crippen LogP contribution in [0.25, 0.3) is 0 Å². The largest absolute Gasteiger partial charge is 0.482 e. The minimum atomic E-state index is -0.589. The molecule has 7 heteroatoms. The third-order valence-corrected chi connectivity index (χ3v) is 2.96. The van der Waals surface area contributed by atoms with Crippen molar-refractivity contribution in [3.8, 4) is 5.75 Å². The number of hydrogen-bond acceptors (Lipinski definition) is 6. The maximum Gasteiger partial charge on any atom is 0.344 e. The number of ether oxygens (including phenoxy) is 3. The topological polar surface area (TPSA) is 91.1 Å². The second-order valence-electron chi connectivity index (χ2n) is 4.51. The van der Waals surface area contributed by atoms with Gasteiger partial charge >= 0.3 is 5.97 Å². The van der Waals surface area contributed by atoms with Crippen LogP contribution in [0.1, 0.15) is 0 Å². The predicted octanol–water partition coefficient (Wildman–Crippen LogP) is 0.0496. The summed E-state index contributed by atoms with van der Waals surface area (Å²) in [4.78, 5) is 24.9. The monoisotopic (exact) mass is 294 g/mol. The fourth-order valence-electron chi connectivity index (χ4n) is 1.79. The van der Waals surface area contributed by atoms with Crippen molar-refractivity contribution in [1.29, 1.82) is 0 Å². The van der Waals surface area contributed by atoms with Gasteiger partial charge in [-0.05, 0) is 24.3 Å². The van der Waals surface area contributed by atoms with Crippen LogP contribution in [-0.2, 0) is 19.1 Å². The van der Waals surface area contributed by atoms with Crippen LogP contribution in [0.5, 0.6) is 5.75 Å². The number of morpholine rings is 1. The van der Waals surface area contributed by atoms with Gasteiger partial charge in [-0.25, -0.2) is 4.79 Å². The molecule has 1 aliphatic rings. The number of rotatable bonds is 5. The Hall–Kier alpha value is -2.28. The predicted molar refractivity (Wildman–Crippen MR) is 74.7 cm³/mol. The van der Waals surface area contributed by atoms with Gasteiger partial charge in [0.05, 0.1) is 13.2 Å². The molecule has 114 valence electrons. The summed E-state index contributed by atoms with van der Waals surface area (Å²) in [6.45, 7) is 1.56. The van der Waals surface area contributed by atoms with Crippen LogP contribution in [0.2, 0.25) is 0 Å². The van der Waals surface area contributed by atoms with Crippen LogP contribution in [-0.4, -0.2) is 56.3 Å². The number of anilines is 1. The first kappa shape index (κ1) is 15.1. The first-order chi connectivity index (χ1) is 10.1. The maximum atomic E-state index is 11.8. The van der Waals surface area contributed by atoms with Crippen molar-refractivity contribution < 1.29 is 23.8 Å². The van der Waals surface area contributed by atoms with E-state index in [4.69, 9.17) is 19.9 Å². The summed E-state index contributed by atoms with van der Waals surface area (Å²) in [5.74, 6) is -0.298. The van der Waals surface area contributed by atoms with Gasteiger partial charge in [-0.3, -0.25) is 4.79 Å². The molecule has 2 N–H and O–H groups in total. The molecule has 7 nitrogen and oxygen atoms in total. The average Bonchev–Trinajstić information content (AvgIpc) is 2.53. The first-order valence-corrected chi connectivity index (χ1v) is 6.64. The Bertz CT molecular complexity index is 483. The summed E-state index contributed by atoms with van der Waals surface area (Å²) in [5, 5.41) is 0. The molecule has 1 aliphatic heterocycles. The zero-order valence-corrected chi connectivity index (χ0v) is 11.6. The molecule has 0 bridgehead atoms. The molecule has 0 aliphatic carbocycles. The number of nitrogen functional groups attached to an aromatic ring is 1. The molecule has 1 aromatic carbocycles. The minimum Gasteiger partial charge on any atom is -0.482 e. The van der Waals surface area contributed by atoms with Crippen molar-refractivity contribution in [2.75, 3.05) is 45.3 Å². The Morgan fingerprint density at radius 1 is 1.14 bits per heavy atom. The highest BCUT2D eigenvalue weighted by molar-refractivity contribution is 5.81. The molecule has 1 heterocycles. The Morgan fingerprint density at radius 3 is 2.48 bits per heavy atom. The summed E-state index contributed by atoms with van der Waals surface area (Å²) in [5.41, 5.74) is 6.15. The fraction of sp³-hybridized carbons (Fsp3) is 0.429. The van der Waals surface area contributed by atoms with Crippen molar-refractivity contribution in [1.82, 2.24) is 4.90 Å². The van der Waals surface area contributed by atoms with Gasteiger partial charge in [-0.2, -0.15) is 0 Å². The second-order valence-corrected chi connectivity index (χ2v) is 4.51. The molecule has 0 unspecified atom stereocenters. The Balaban J connectivity index is 1.67. The van der Waals surface area contributed by atoms with Gasteiger partial charge in [0.25, 0.3) is 5.91 Å². The van der Waals surface area contributed by atoms with Crippen molar-refractivity contribution >= 4 is 17.6 Å². The highest BCUT2D eigenvalue weighted by Gasteiger charge is 2.18. The Morgan fingerprint density at radius 2 is 1.81 bits per heavy atom. The van der Waals surface area contributed by atoms with Crippen LogP contribution in [0, 0.1) is 0 Å². The SMILES string of the molecule is Nc1ccc(OCC(=O)OCC(=O)N2CCOCC2)cc1. The van der Waals surface area contributed by atoms with E-state index < -0.39 is 5.97 Å². The third-order valence-electron chi connectivity index (χ3n) is 2.96. The van der Waals surface area contributed by atoms with Gasteiger partial charge in [0.1, 0.15) is 5.75 Å². The molecule has 2 rings (SSSR count). The smallest absolute Gasteiger partial charge is 0.344 e. The number of nitrogens with zero attached hydrogens (tertiary/aromatic N) is 1. The first-order valence-electron chi connectivity index (χ1n) is 6.64. The zero-order valence-electron chi connectivity index (χ0n) is 11.6. The van der Waals surface area contributed by atoms with Gasteiger partial charge in [-0.15, -0.1) is 0 Å². The lowest BCUT2D eigenvalue weighted by Gasteiger charge is -2.26. The average molecular weight is 294 g/mol. The van der Waals surface area contributed by atoms with E-state index in [1.165, 1.54) is 0 Å². The van der Waals surface area contributed by atoms with Crippen LogP contribution >= 0.6 is 0 Å². The Kier molecular flexibility index (Phi) is 5.39. The number of benzene rings is 1. The molecule has 0 atom stereocenters. The lowest BCUT2D eigenvalue weighted by atomic mass is 10.3. The van der Waals surface area contributed by atoms with Crippen molar-refractivity contribution in [3.63, 3.8) is 0 Å². The molecular weight excluding hydrogens is 276 g/mol. The number of esters is 1. The standard InChI is InChI=1S/C14H18N2O5/c15-11-1-3-12(4-2-11)20-10-14(18)21-9-13(17)16-5-7-19-8-6-16/h1-4H,5-10,15H2. The summed E-state index contributed by atoms with van der Waals surface area (Å²) in [7, 11) is 0. The van der Waals surface area contributed by atoms with Crippen LogP contribution in [0.3, 0.4) is 0 Å². The van der Waals surface area contributed by atoms with E-state index >= 15 is 0 Å². The highest BCUT2D eigenvalue weighted by atomic mass is 16.6. The fourth-order valence-corrected chi connectivity index (χ4v) is 1.79. The summed E-state index contributed by atoms with van der Waals surface area (Å²) in [6, 6.07) is 6.65. The van der Waals surface area contributed by atoms with Gasteiger partial charge in [0.2, 0.25) is 0 Å². The molecule has 1 fully saturated rings. The van der Waals surface area contributed by atoms with Crippen molar-refractivity contribution in [2.45, 2.75) is 0 Å². The molecule has 1 saturated heterocycles. The van der Waals surface area contributed by atoms with Crippen LogP contribution in [0.4, 0.5) is 5.69 Å². The van der Waals surface area contributed by atoms with E-state index in [1.807, 2.05) is 0 Å². The number of carbonyl (C=O) groups excluding carboxylic acids is 2. The van der Waals surface area contributed by atoms with E-state index in [-0.39, 0.29) is 19.1 Å². The normalized spacial score (nSPS) is 14.6. The maximum absolute atomic E-state index is 11.8. The van der Waals surface area contributed by atoms with E-state index in [9.17, 15) is 9.59 Å². The zero-order chi connectivity index (χ0) is 15.1. The van der Waals surface area contributed by atoms with E-state index in [1.54, 1.807) is 29.2 Å². The molecule has 0 saturated carbocycles. The molecular formula is C14H18N2O5. The summed E-state index contributed by atoms with van der Waals surface area (Å²) in [6.07, 6.45) is 0. The number of amides is 1. The minimum absolute atomic E-state index is 0.223. The van der Waals surface area contributed by atoms with E-state index in [0.717, 1.165) is 0 Å². The molecule has 1 amide bonds. The molecule has 0 aromatic heterocycles. The van der Waals surface area contributed by atoms with Gasteiger partial charge < -0.3 is 24.8 Å². The van der Waals surface area contributed by atoms with Gasteiger partial charge in [-0.1, -0.05) is 0 Å². The lowest BCUT2D eigenvalue weighted by molar-refractivity contribution is -0.155. The quantitative estimate of drug-likeness (QED) is 0.609. The lowest BCUT2D eigenvalue weighted by Crippen LogP contribution is -2.42. The molecule has 21 heavy (non-hydrogen) atoms. The number of carbonyl (C=O) groups is 2. The molecule has 0 radical (unpaired) electrons. The van der Waals surface area contributed by atoms with Crippen LogP contribution < -0.4 is 10.5 Å². The van der Waals surface area contributed by atoms with Crippen molar-refractivity contribution in [2.24, 2.45) is 0 Å². The van der Waals surface area contributed by atoms with Gasteiger partial charge in [0, 0.05) is 18.8 Å². The van der Waals surface area contributed by atoms with Crippen molar-refractivity contribution in [3.05, 3.63) is 24.3 Å². The van der Waals surface area contributed by atoms with Gasteiger partial charge in [0.15, 0.2) is 13.2 Å². The second kappa shape index (κ2) is 7.49. The highest BCUT2D eigenvalue weighted by Crippen LogP contribution is 2.12. The Labute approximate surface area is 122 Å². The van der Waals surface area contributed by atoms with E-state index in [0.29, 0.717) is 37.7 Å². The molecule has 1 aromatic rings. The number of hydrogen-bond donors (Lipinski definition) is 1. The van der Waals surface area contributed by atoms with E-state index in [2.05, 4.69) is 0 Å². The number of nitrogens with two attached hydrogens (primary N) is 1. The molecule has 0 spiro atoms. The summed E-state index contributed by atoms with van der Waals surface area (Å²) >= 11 is 0. The summed E-state index contributed by atoms with van der Waals surface area (Å²) < 4.78 is 15.2. The third kappa shape index (κ3) is 4.96.